The van der Waals surface area contributed by atoms with Gasteiger partial charge in [-0.2, -0.15) is 0 Å². The van der Waals surface area contributed by atoms with Crippen molar-refractivity contribution in [2.24, 2.45) is 0 Å². The molecule has 0 atom stereocenters. The summed E-state index contributed by atoms with van der Waals surface area (Å²) in [7, 11) is 0. The fraction of sp³-hybridized carbons (Fsp3) is 0.172. The molecule has 9 rings (SSSR count). The first-order valence-corrected chi connectivity index (χ1v) is 21.4. The highest BCUT2D eigenvalue weighted by atomic mass is 16.3. The molecular formula is C58H53N3O. The molecule has 0 bridgehead atoms. The van der Waals surface area contributed by atoms with Crippen molar-refractivity contribution < 1.29 is 7.85 Å². The Morgan fingerprint density at radius 3 is 1.84 bits per heavy atom. The molecule has 0 amide bonds. The highest BCUT2D eigenvalue weighted by Crippen LogP contribution is 2.44. The second kappa shape index (κ2) is 16.4. The van der Waals surface area contributed by atoms with Gasteiger partial charge in [0.15, 0.2) is 0 Å². The number of rotatable bonds is 9. The summed E-state index contributed by atoms with van der Waals surface area (Å²) in [5, 5.41) is 11.6. The summed E-state index contributed by atoms with van der Waals surface area (Å²) in [5.41, 5.74) is 15.9. The van der Waals surface area contributed by atoms with E-state index in [0.717, 1.165) is 83.6 Å². The van der Waals surface area contributed by atoms with Crippen LogP contribution in [0.15, 0.2) is 176 Å². The molecule has 0 spiro atoms. The van der Waals surface area contributed by atoms with E-state index in [0.29, 0.717) is 11.4 Å². The Hall–Kier alpha value is -7.04. The summed E-state index contributed by atoms with van der Waals surface area (Å²) < 4.78 is 20.1. The lowest BCUT2D eigenvalue weighted by Gasteiger charge is -2.22. The number of hydrogen-bond acceptors (Lipinski definition) is 3. The van der Waals surface area contributed by atoms with Gasteiger partial charge in [0, 0.05) is 25.6 Å². The minimum atomic E-state index is -0.911. The van der Waals surface area contributed by atoms with E-state index < -0.39 is 11.8 Å². The number of nitrogens with zero attached hydrogens (tertiary/aromatic N) is 3. The van der Waals surface area contributed by atoms with E-state index in [1.165, 1.54) is 5.56 Å². The molecule has 0 aliphatic carbocycles. The highest BCUT2D eigenvalue weighted by molar-refractivity contribution is 5.98. The fourth-order valence-electron chi connectivity index (χ4n) is 8.44. The second-order valence-corrected chi connectivity index (χ2v) is 17.7. The van der Waals surface area contributed by atoms with E-state index in [9.17, 15) is 6.48 Å². The van der Waals surface area contributed by atoms with Crippen molar-refractivity contribution in [2.45, 2.75) is 65.7 Å². The van der Waals surface area contributed by atoms with E-state index in [1.54, 1.807) is 6.07 Å². The van der Waals surface area contributed by atoms with Crippen molar-refractivity contribution in [2.75, 3.05) is 0 Å². The zero-order valence-corrected chi connectivity index (χ0v) is 36.5. The number of imidazole rings is 1. The number of hydrogen-bond donors (Lipinski definition) is 1. The van der Waals surface area contributed by atoms with Crippen molar-refractivity contribution >= 4 is 11.0 Å². The average Bonchev–Trinajstić information content (AvgIpc) is 3.68. The Balaban J connectivity index is 1.31. The molecular weight excluding hydrogens is 755 g/mol. The zero-order chi connectivity index (χ0) is 45.0. The smallest absolute Gasteiger partial charge is 0.149 e. The number of para-hydroxylation sites is 2. The van der Waals surface area contributed by atoms with Gasteiger partial charge in [-0.15, -0.1) is 0 Å². The summed E-state index contributed by atoms with van der Waals surface area (Å²) in [5.74, 6) is -0.843. The van der Waals surface area contributed by atoms with E-state index in [-0.39, 0.29) is 11.2 Å². The lowest BCUT2D eigenvalue weighted by molar-refractivity contribution is 0.477. The zero-order valence-electron chi connectivity index (χ0n) is 38.5. The predicted molar refractivity (Wildman–Crippen MR) is 260 cm³/mol. The molecule has 0 aliphatic rings. The van der Waals surface area contributed by atoms with Crippen LogP contribution in [-0.2, 0) is 5.41 Å². The maximum Gasteiger partial charge on any atom is 0.149 e. The maximum atomic E-state index is 11.6. The Kier molecular flexibility index (Phi) is 10.1. The van der Waals surface area contributed by atoms with E-state index in [4.69, 9.17) is 11.3 Å². The fourth-order valence-corrected chi connectivity index (χ4v) is 8.44. The summed E-state index contributed by atoms with van der Waals surface area (Å²) in [6.45, 7) is 14.4. The number of aromatic hydroxyl groups is 1. The van der Waals surface area contributed by atoms with Crippen LogP contribution in [0.4, 0.5) is 0 Å². The van der Waals surface area contributed by atoms with Gasteiger partial charge >= 0.3 is 0 Å². The topological polar surface area (TPSA) is 50.9 Å². The van der Waals surface area contributed by atoms with Crippen LogP contribution in [0.25, 0.3) is 83.9 Å². The molecule has 0 saturated heterocycles. The first-order valence-electron chi connectivity index (χ1n) is 22.4. The van der Waals surface area contributed by atoms with Crippen LogP contribution in [0, 0.1) is 0 Å². The average molecular weight is 810 g/mol. The van der Waals surface area contributed by atoms with Crippen molar-refractivity contribution in [1.29, 1.82) is 0 Å². The molecule has 62 heavy (non-hydrogen) atoms. The summed E-state index contributed by atoms with van der Waals surface area (Å²) in [4.78, 5) is 10.4. The molecule has 9 aromatic rings. The van der Waals surface area contributed by atoms with Crippen molar-refractivity contribution in [1.82, 2.24) is 14.5 Å². The third-order valence-electron chi connectivity index (χ3n) is 11.9. The molecule has 4 heteroatoms. The molecule has 1 N–H and O–H groups in total. The van der Waals surface area contributed by atoms with Gasteiger partial charge in [0.2, 0.25) is 0 Å². The lowest BCUT2D eigenvalue weighted by atomic mass is 9.83. The molecule has 2 aromatic heterocycles. The number of aromatic nitrogens is 3. The SMILES string of the molecule is [2H]C(C)(C)c1ccc(-c2ccnc(-c3cc(-c4cccc5c4nc(-c4ccccc4O)n5-c4cc(-c5ccccc5)c(C([2H])(C)C)cc4-c4ccccc4)cc(C(C)(C)C)c3)c2)cc1. The first kappa shape index (κ1) is 37.9. The van der Waals surface area contributed by atoms with Gasteiger partial charge in [0.25, 0.3) is 0 Å². The number of benzene rings is 7. The highest BCUT2D eigenvalue weighted by Gasteiger charge is 2.25. The lowest BCUT2D eigenvalue weighted by Crippen LogP contribution is -2.11. The standard InChI is InChI=1S/C58H53N3O/c1-37(2)39-25-27-40(28-26-39)43-29-30-59-52(34-43)45-31-44(32-46(33-45)58(5,6)7)47-22-16-23-53-56(47)60-57(48-21-14-15-24-55(48)62)61(53)54-36-50(41-17-10-8-11-18-41)49(38(3)4)35-51(54)42-19-12-9-13-20-42/h8-38,62H,1-7H3/i37D,38D. The van der Waals surface area contributed by atoms with Crippen LogP contribution in [0.3, 0.4) is 0 Å². The Labute approximate surface area is 369 Å². The van der Waals surface area contributed by atoms with Crippen molar-refractivity contribution in [3.63, 3.8) is 0 Å². The quantitative estimate of drug-likeness (QED) is 0.158. The molecule has 0 saturated carbocycles. The summed E-state index contributed by atoms with van der Waals surface area (Å²) in [6, 6.07) is 58.0. The Bertz CT molecular complexity index is 3150. The van der Waals surface area contributed by atoms with Gasteiger partial charge in [-0.25, -0.2) is 4.98 Å². The van der Waals surface area contributed by atoms with Crippen molar-refractivity contribution in [3.05, 3.63) is 193 Å². The van der Waals surface area contributed by atoms with Crippen LogP contribution in [0.5, 0.6) is 5.75 Å². The molecule has 0 radical (unpaired) electrons. The van der Waals surface area contributed by atoms with Crippen LogP contribution in [-0.4, -0.2) is 19.6 Å². The molecule has 7 aromatic carbocycles. The molecule has 306 valence electrons. The third-order valence-corrected chi connectivity index (χ3v) is 11.9. The minimum absolute atomic E-state index is 0.134. The van der Waals surface area contributed by atoms with Gasteiger partial charge in [0.05, 0.1) is 28.0 Å². The van der Waals surface area contributed by atoms with Crippen LogP contribution >= 0.6 is 0 Å². The van der Waals surface area contributed by atoms with E-state index >= 15 is 0 Å². The Morgan fingerprint density at radius 1 is 0.532 bits per heavy atom. The Morgan fingerprint density at radius 2 is 1.18 bits per heavy atom. The minimum Gasteiger partial charge on any atom is -0.507 e. The van der Waals surface area contributed by atoms with Gasteiger partial charge < -0.3 is 5.11 Å². The van der Waals surface area contributed by atoms with Crippen LogP contribution in [0.1, 0.15) is 79.7 Å². The third kappa shape index (κ3) is 7.74. The number of phenolic OH excluding ortho intramolecular Hbond substituents is 1. The monoisotopic (exact) mass is 809 g/mol. The molecule has 4 nitrogen and oxygen atoms in total. The van der Waals surface area contributed by atoms with Gasteiger partial charge in [0.1, 0.15) is 11.6 Å². The van der Waals surface area contributed by atoms with Gasteiger partial charge in [-0.1, -0.05) is 164 Å². The number of fused-ring (bicyclic) bond motifs is 1. The summed E-state index contributed by atoms with van der Waals surface area (Å²) in [6.07, 6.45) is 1.87. The van der Waals surface area contributed by atoms with E-state index in [2.05, 4.69) is 116 Å². The van der Waals surface area contributed by atoms with Gasteiger partial charge in [-0.05, 0) is 122 Å². The molecule has 0 fully saturated rings. The largest absolute Gasteiger partial charge is 0.507 e. The van der Waals surface area contributed by atoms with Crippen molar-refractivity contribution in [3.8, 4) is 78.6 Å². The second-order valence-electron chi connectivity index (χ2n) is 17.7. The molecule has 0 unspecified atom stereocenters. The normalized spacial score (nSPS) is 12.6. The predicted octanol–water partition coefficient (Wildman–Crippen LogP) is 15.7. The number of phenols is 1. The molecule has 0 aliphatic heterocycles. The van der Waals surface area contributed by atoms with Gasteiger partial charge in [-0.3, -0.25) is 9.55 Å². The number of pyridine rings is 1. The molecule has 2 heterocycles. The van der Waals surface area contributed by atoms with Crippen LogP contribution < -0.4 is 0 Å². The van der Waals surface area contributed by atoms with E-state index in [1.807, 2.05) is 107 Å². The first-order chi connectivity index (χ1) is 30.5. The maximum absolute atomic E-state index is 11.6. The van der Waals surface area contributed by atoms with Crippen LogP contribution in [0.2, 0.25) is 0 Å². The summed E-state index contributed by atoms with van der Waals surface area (Å²) >= 11 is 0.